The molecular formula is C13H18N2O3. The largest absolute Gasteiger partial charge is 0.465 e. The first-order valence-electron chi connectivity index (χ1n) is 5.75. The van der Waals surface area contributed by atoms with Crippen molar-refractivity contribution in [2.75, 3.05) is 13.7 Å². The number of carbonyl (C=O) groups is 2. The molecule has 1 amide bonds. The number of benzene rings is 1. The molecule has 0 bridgehead atoms. The van der Waals surface area contributed by atoms with Crippen molar-refractivity contribution in [2.24, 2.45) is 5.73 Å². The van der Waals surface area contributed by atoms with Gasteiger partial charge in [0.05, 0.1) is 18.7 Å². The van der Waals surface area contributed by atoms with Gasteiger partial charge in [-0.05, 0) is 31.0 Å². The summed E-state index contributed by atoms with van der Waals surface area (Å²) in [7, 11) is 1.35. The number of rotatable bonds is 5. The zero-order valence-electron chi connectivity index (χ0n) is 10.6. The average Bonchev–Trinajstić information content (AvgIpc) is 2.37. The lowest BCUT2D eigenvalue weighted by atomic mass is 10.1. The van der Waals surface area contributed by atoms with Crippen molar-refractivity contribution in [3.05, 3.63) is 35.4 Å². The van der Waals surface area contributed by atoms with Crippen LogP contribution in [0.15, 0.2) is 24.3 Å². The van der Waals surface area contributed by atoms with Crippen LogP contribution in [-0.4, -0.2) is 31.6 Å². The lowest BCUT2D eigenvalue weighted by molar-refractivity contribution is -0.121. The Bertz CT molecular complexity index is 430. The molecule has 0 aliphatic heterocycles. The van der Waals surface area contributed by atoms with Crippen LogP contribution in [0.1, 0.15) is 22.8 Å². The SMILES string of the molecule is COC(=O)c1cccc(CCNC(=O)C(C)N)c1. The molecule has 0 saturated carbocycles. The second-order valence-electron chi connectivity index (χ2n) is 4.02. The number of nitrogens with two attached hydrogens (primary N) is 1. The van der Waals surface area contributed by atoms with Crippen molar-refractivity contribution < 1.29 is 14.3 Å². The Balaban J connectivity index is 2.53. The summed E-state index contributed by atoms with van der Waals surface area (Å²) in [5.41, 5.74) is 6.89. The van der Waals surface area contributed by atoms with Gasteiger partial charge in [-0.2, -0.15) is 0 Å². The Kier molecular flexibility index (Phi) is 5.32. The van der Waals surface area contributed by atoms with E-state index in [1.165, 1.54) is 7.11 Å². The van der Waals surface area contributed by atoms with Crippen molar-refractivity contribution >= 4 is 11.9 Å². The zero-order chi connectivity index (χ0) is 13.5. The number of nitrogens with one attached hydrogen (secondary N) is 1. The van der Waals surface area contributed by atoms with Gasteiger partial charge in [0.2, 0.25) is 5.91 Å². The van der Waals surface area contributed by atoms with E-state index >= 15 is 0 Å². The molecule has 1 atom stereocenters. The van der Waals surface area contributed by atoms with E-state index in [1.54, 1.807) is 25.1 Å². The van der Waals surface area contributed by atoms with Crippen LogP contribution in [-0.2, 0) is 16.0 Å². The van der Waals surface area contributed by atoms with Gasteiger partial charge in [0.1, 0.15) is 0 Å². The topological polar surface area (TPSA) is 81.4 Å². The molecule has 1 aromatic carbocycles. The van der Waals surface area contributed by atoms with E-state index in [9.17, 15) is 9.59 Å². The standard InChI is InChI=1S/C13H18N2O3/c1-9(14)12(16)15-7-6-10-4-3-5-11(8-10)13(17)18-2/h3-5,8-9H,6-7,14H2,1-2H3,(H,15,16). The molecule has 18 heavy (non-hydrogen) atoms. The van der Waals surface area contributed by atoms with Crippen molar-refractivity contribution in [3.8, 4) is 0 Å². The van der Waals surface area contributed by atoms with Gasteiger partial charge < -0.3 is 15.8 Å². The van der Waals surface area contributed by atoms with Gasteiger partial charge in [-0.15, -0.1) is 0 Å². The molecule has 5 heteroatoms. The third-order valence-corrected chi connectivity index (χ3v) is 2.47. The molecule has 0 saturated heterocycles. The fourth-order valence-corrected chi connectivity index (χ4v) is 1.46. The minimum atomic E-state index is -0.508. The lowest BCUT2D eigenvalue weighted by Gasteiger charge is -2.08. The van der Waals surface area contributed by atoms with Crippen molar-refractivity contribution in [2.45, 2.75) is 19.4 Å². The summed E-state index contributed by atoms with van der Waals surface area (Å²) in [6.07, 6.45) is 0.642. The van der Waals surface area contributed by atoms with Crippen LogP contribution >= 0.6 is 0 Å². The Hall–Kier alpha value is -1.88. The second kappa shape index (κ2) is 6.76. The molecule has 5 nitrogen and oxygen atoms in total. The van der Waals surface area contributed by atoms with E-state index in [0.29, 0.717) is 18.5 Å². The van der Waals surface area contributed by atoms with Crippen LogP contribution in [0.4, 0.5) is 0 Å². The van der Waals surface area contributed by atoms with Gasteiger partial charge in [0, 0.05) is 6.54 Å². The van der Waals surface area contributed by atoms with E-state index in [4.69, 9.17) is 5.73 Å². The molecule has 0 aromatic heterocycles. The smallest absolute Gasteiger partial charge is 0.337 e. The van der Waals surface area contributed by atoms with Crippen LogP contribution in [0.3, 0.4) is 0 Å². The number of amides is 1. The van der Waals surface area contributed by atoms with Crippen molar-refractivity contribution in [1.82, 2.24) is 5.32 Å². The second-order valence-corrected chi connectivity index (χ2v) is 4.02. The summed E-state index contributed by atoms with van der Waals surface area (Å²) in [6, 6.07) is 6.62. The van der Waals surface area contributed by atoms with Gasteiger partial charge in [-0.3, -0.25) is 4.79 Å². The Labute approximate surface area is 106 Å². The van der Waals surface area contributed by atoms with E-state index in [2.05, 4.69) is 10.1 Å². The van der Waals surface area contributed by atoms with E-state index in [-0.39, 0.29) is 11.9 Å². The van der Waals surface area contributed by atoms with Gasteiger partial charge in [-0.1, -0.05) is 12.1 Å². The third-order valence-electron chi connectivity index (χ3n) is 2.47. The van der Waals surface area contributed by atoms with E-state index in [1.807, 2.05) is 6.07 Å². The van der Waals surface area contributed by atoms with Gasteiger partial charge in [0.25, 0.3) is 0 Å². The molecule has 0 radical (unpaired) electrons. The maximum absolute atomic E-state index is 11.3. The normalized spacial score (nSPS) is 11.7. The summed E-state index contributed by atoms with van der Waals surface area (Å²) in [4.78, 5) is 22.6. The zero-order valence-corrected chi connectivity index (χ0v) is 10.6. The number of hydrogen-bond donors (Lipinski definition) is 2. The first-order chi connectivity index (χ1) is 8.54. The summed E-state index contributed by atoms with van der Waals surface area (Å²) >= 11 is 0. The maximum Gasteiger partial charge on any atom is 0.337 e. The van der Waals surface area contributed by atoms with Gasteiger partial charge in [-0.25, -0.2) is 4.79 Å². The fraction of sp³-hybridized carbons (Fsp3) is 0.385. The summed E-state index contributed by atoms with van der Waals surface area (Å²) in [6.45, 7) is 2.12. The molecular weight excluding hydrogens is 232 g/mol. The van der Waals surface area contributed by atoms with Crippen LogP contribution in [0.2, 0.25) is 0 Å². The minimum Gasteiger partial charge on any atom is -0.465 e. The molecule has 0 heterocycles. The van der Waals surface area contributed by atoms with Crippen LogP contribution in [0, 0.1) is 0 Å². The number of methoxy groups -OCH3 is 1. The highest BCUT2D eigenvalue weighted by atomic mass is 16.5. The highest BCUT2D eigenvalue weighted by Gasteiger charge is 2.07. The van der Waals surface area contributed by atoms with Crippen LogP contribution in [0.25, 0.3) is 0 Å². The number of ether oxygens (including phenoxy) is 1. The Morgan fingerprint density at radius 3 is 2.78 bits per heavy atom. The van der Waals surface area contributed by atoms with Crippen molar-refractivity contribution in [1.29, 1.82) is 0 Å². The predicted octanol–water partition coefficient (Wildman–Crippen LogP) is 0.479. The van der Waals surface area contributed by atoms with Gasteiger partial charge >= 0.3 is 5.97 Å². The number of hydrogen-bond acceptors (Lipinski definition) is 4. The van der Waals surface area contributed by atoms with Crippen LogP contribution in [0.5, 0.6) is 0 Å². The average molecular weight is 250 g/mol. The molecule has 1 unspecified atom stereocenters. The fourth-order valence-electron chi connectivity index (χ4n) is 1.46. The highest BCUT2D eigenvalue weighted by molar-refractivity contribution is 5.89. The third kappa shape index (κ3) is 4.18. The molecule has 1 rings (SSSR count). The lowest BCUT2D eigenvalue weighted by Crippen LogP contribution is -2.39. The Morgan fingerprint density at radius 2 is 2.17 bits per heavy atom. The molecule has 0 aliphatic carbocycles. The summed E-state index contributed by atoms with van der Waals surface area (Å²) in [5, 5.41) is 2.71. The predicted molar refractivity (Wildman–Crippen MR) is 68.1 cm³/mol. The van der Waals surface area contributed by atoms with E-state index < -0.39 is 6.04 Å². The van der Waals surface area contributed by atoms with Crippen molar-refractivity contribution in [3.63, 3.8) is 0 Å². The summed E-state index contributed by atoms with van der Waals surface area (Å²) in [5.74, 6) is -0.546. The molecule has 1 aromatic rings. The first kappa shape index (κ1) is 14.2. The van der Waals surface area contributed by atoms with Crippen LogP contribution < -0.4 is 11.1 Å². The highest BCUT2D eigenvalue weighted by Crippen LogP contribution is 2.07. The monoisotopic (exact) mass is 250 g/mol. The number of esters is 1. The molecule has 0 spiro atoms. The molecule has 98 valence electrons. The molecule has 0 aliphatic rings. The Morgan fingerprint density at radius 1 is 1.44 bits per heavy atom. The van der Waals surface area contributed by atoms with Gasteiger partial charge in [0.15, 0.2) is 0 Å². The number of carbonyl (C=O) groups excluding carboxylic acids is 2. The molecule has 0 fully saturated rings. The minimum absolute atomic E-state index is 0.181. The maximum atomic E-state index is 11.3. The van der Waals surface area contributed by atoms with E-state index in [0.717, 1.165) is 5.56 Å². The quantitative estimate of drug-likeness (QED) is 0.745. The molecule has 3 N–H and O–H groups in total. The first-order valence-corrected chi connectivity index (χ1v) is 5.75. The summed E-state index contributed by atoms with van der Waals surface area (Å²) < 4.78 is 4.64.